The largest absolute Gasteiger partial charge is 0.479 e. The summed E-state index contributed by atoms with van der Waals surface area (Å²) in [5.41, 5.74) is 1.38. The van der Waals surface area contributed by atoms with E-state index in [0.717, 1.165) is 5.56 Å². The van der Waals surface area contributed by atoms with Gasteiger partial charge in [-0.05, 0) is 13.8 Å². The molecule has 0 spiro atoms. The van der Waals surface area contributed by atoms with E-state index in [1.807, 2.05) is 0 Å². The molecule has 0 saturated heterocycles. The van der Waals surface area contributed by atoms with Crippen LogP contribution in [0.3, 0.4) is 0 Å². The second-order valence-electron chi connectivity index (χ2n) is 3.85. The zero-order chi connectivity index (χ0) is 13.7. The highest BCUT2D eigenvalue weighted by atomic mass is 16.5. The van der Waals surface area contributed by atoms with Crippen LogP contribution in [0.15, 0.2) is 4.52 Å². The summed E-state index contributed by atoms with van der Waals surface area (Å²) in [7, 11) is 1.28. The fourth-order valence-corrected chi connectivity index (χ4v) is 1.46. The summed E-state index contributed by atoms with van der Waals surface area (Å²) in [5, 5.41) is 15.0. The molecule has 0 aliphatic rings. The number of carbonyl (C=O) groups excluding carboxylic acids is 1. The summed E-state index contributed by atoms with van der Waals surface area (Å²) in [6.45, 7) is 3.39. The van der Waals surface area contributed by atoms with Gasteiger partial charge < -0.3 is 19.7 Å². The second kappa shape index (κ2) is 6.15. The van der Waals surface area contributed by atoms with Gasteiger partial charge in [-0.15, -0.1) is 0 Å². The highest BCUT2D eigenvalue weighted by Crippen LogP contribution is 2.12. The number of hydrogen-bond donors (Lipinski definition) is 2. The number of aliphatic carboxylic acids is 1. The Kier molecular flexibility index (Phi) is 4.85. The molecule has 1 heterocycles. The molecule has 1 aromatic rings. The molecule has 18 heavy (non-hydrogen) atoms. The van der Waals surface area contributed by atoms with E-state index < -0.39 is 12.1 Å². The van der Waals surface area contributed by atoms with E-state index >= 15 is 0 Å². The first-order valence-corrected chi connectivity index (χ1v) is 5.39. The number of carboxylic acid groups (broad SMARTS) is 1. The molecule has 0 radical (unpaired) electrons. The van der Waals surface area contributed by atoms with Crippen molar-refractivity contribution in [2.24, 2.45) is 0 Å². The fourth-order valence-electron chi connectivity index (χ4n) is 1.46. The standard InChI is InChI=1S/C11H16N2O5/c1-6-8(7(2)18-13-6)4-10(14)12-5-9(17-3)11(15)16/h9H,4-5H2,1-3H3,(H,12,14)(H,15,16). The minimum atomic E-state index is -1.12. The number of amides is 1. The van der Waals surface area contributed by atoms with Gasteiger partial charge >= 0.3 is 5.97 Å². The van der Waals surface area contributed by atoms with E-state index in [4.69, 9.17) is 14.4 Å². The topological polar surface area (TPSA) is 102 Å². The molecule has 2 N–H and O–H groups in total. The summed E-state index contributed by atoms with van der Waals surface area (Å²) in [6.07, 6.45) is -0.935. The minimum absolute atomic E-state index is 0.0754. The zero-order valence-electron chi connectivity index (χ0n) is 10.5. The van der Waals surface area contributed by atoms with Crippen molar-refractivity contribution in [1.82, 2.24) is 10.5 Å². The molecule has 1 amide bonds. The van der Waals surface area contributed by atoms with E-state index in [-0.39, 0.29) is 18.9 Å². The van der Waals surface area contributed by atoms with Gasteiger partial charge in [-0.25, -0.2) is 4.79 Å². The quantitative estimate of drug-likeness (QED) is 0.745. The lowest BCUT2D eigenvalue weighted by Gasteiger charge is -2.11. The van der Waals surface area contributed by atoms with Crippen LogP contribution in [0.4, 0.5) is 0 Å². The third kappa shape index (κ3) is 3.56. The minimum Gasteiger partial charge on any atom is -0.479 e. The average molecular weight is 256 g/mol. The van der Waals surface area contributed by atoms with Crippen molar-refractivity contribution in [2.75, 3.05) is 13.7 Å². The number of hydrogen-bond acceptors (Lipinski definition) is 5. The number of carbonyl (C=O) groups is 2. The SMILES string of the molecule is COC(CNC(=O)Cc1c(C)noc1C)C(=O)O. The van der Waals surface area contributed by atoms with Gasteiger partial charge in [-0.3, -0.25) is 4.79 Å². The van der Waals surface area contributed by atoms with Gasteiger partial charge in [0.2, 0.25) is 5.91 Å². The van der Waals surface area contributed by atoms with Crippen molar-refractivity contribution in [3.63, 3.8) is 0 Å². The highest BCUT2D eigenvalue weighted by Gasteiger charge is 2.18. The van der Waals surface area contributed by atoms with Gasteiger partial charge in [0.25, 0.3) is 0 Å². The molecule has 7 heteroatoms. The van der Waals surface area contributed by atoms with E-state index in [9.17, 15) is 9.59 Å². The maximum absolute atomic E-state index is 11.6. The number of carboxylic acids is 1. The molecule has 0 aromatic carbocycles. The number of nitrogens with zero attached hydrogens (tertiary/aromatic N) is 1. The molecule has 1 rings (SSSR count). The maximum Gasteiger partial charge on any atom is 0.334 e. The van der Waals surface area contributed by atoms with Crippen molar-refractivity contribution in [3.05, 3.63) is 17.0 Å². The maximum atomic E-state index is 11.6. The predicted octanol–water partition coefficient (Wildman–Crippen LogP) is 0.0497. The summed E-state index contributed by atoms with van der Waals surface area (Å²) in [6, 6.07) is 0. The summed E-state index contributed by atoms with van der Waals surface area (Å²) >= 11 is 0. The summed E-state index contributed by atoms with van der Waals surface area (Å²) in [4.78, 5) is 22.3. The van der Waals surface area contributed by atoms with E-state index in [1.165, 1.54) is 7.11 Å². The number of methoxy groups -OCH3 is 1. The highest BCUT2D eigenvalue weighted by molar-refractivity contribution is 5.80. The molecule has 0 bridgehead atoms. The molecule has 0 aliphatic heterocycles. The number of aromatic nitrogens is 1. The van der Waals surface area contributed by atoms with Crippen molar-refractivity contribution in [3.8, 4) is 0 Å². The lowest BCUT2D eigenvalue weighted by Crippen LogP contribution is -2.38. The Morgan fingerprint density at radius 3 is 2.61 bits per heavy atom. The third-order valence-electron chi connectivity index (χ3n) is 2.56. The second-order valence-corrected chi connectivity index (χ2v) is 3.85. The number of rotatable bonds is 6. The van der Waals surface area contributed by atoms with Crippen LogP contribution in [-0.2, 0) is 20.7 Å². The van der Waals surface area contributed by atoms with E-state index in [1.54, 1.807) is 13.8 Å². The summed E-state index contributed by atoms with van der Waals surface area (Å²) in [5.74, 6) is -0.827. The van der Waals surface area contributed by atoms with Gasteiger partial charge in [0.05, 0.1) is 18.7 Å². The molecule has 0 fully saturated rings. The number of nitrogens with one attached hydrogen (secondary N) is 1. The molecular weight excluding hydrogens is 240 g/mol. The molecule has 1 atom stereocenters. The molecular formula is C11H16N2O5. The van der Waals surface area contributed by atoms with E-state index in [2.05, 4.69) is 10.5 Å². The van der Waals surface area contributed by atoms with Gasteiger partial charge in [-0.2, -0.15) is 0 Å². The van der Waals surface area contributed by atoms with Crippen molar-refractivity contribution in [1.29, 1.82) is 0 Å². The Morgan fingerprint density at radius 2 is 2.17 bits per heavy atom. The summed E-state index contributed by atoms with van der Waals surface area (Å²) < 4.78 is 9.63. The van der Waals surface area contributed by atoms with E-state index in [0.29, 0.717) is 11.5 Å². The Balaban J connectivity index is 2.50. The smallest absolute Gasteiger partial charge is 0.334 e. The molecule has 1 aromatic heterocycles. The Bertz CT molecular complexity index is 421. The van der Waals surface area contributed by atoms with Crippen LogP contribution in [0.25, 0.3) is 0 Å². The first-order chi connectivity index (χ1) is 8.45. The van der Waals surface area contributed by atoms with Crippen LogP contribution in [0.2, 0.25) is 0 Å². The molecule has 7 nitrogen and oxygen atoms in total. The van der Waals surface area contributed by atoms with Crippen LogP contribution < -0.4 is 5.32 Å². The normalized spacial score (nSPS) is 12.2. The number of ether oxygens (including phenoxy) is 1. The van der Waals surface area contributed by atoms with Crippen molar-refractivity contribution in [2.45, 2.75) is 26.4 Å². The fraction of sp³-hybridized carbons (Fsp3) is 0.545. The van der Waals surface area contributed by atoms with Crippen molar-refractivity contribution < 1.29 is 24.0 Å². The lowest BCUT2D eigenvalue weighted by molar-refractivity contribution is -0.148. The Morgan fingerprint density at radius 1 is 1.50 bits per heavy atom. The van der Waals surface area contributed by atoms with Gasteiger partial charge in [-0.1, -0.05) is 5.16 Å². The van der Waals surface area contributed by atoms with Crippen LogP contribution in [0, 0.1) is 13.8 Å². The molecule has 0 aliphatic carbocycles. The monoisotopic (exact) mass is 256 g/mol. The Labute approximate surface area is 104 Å². The molecule has 100 valence electrons. The van der Waals surface area contributed by atoms with Crippen LogP contribution in [0.1, 0.15) is 17.0 Å². The van der Waals surface area contributed by atoms with Gasteiger partial charge in [0.15, 0.2) is 6.10 Å². The average Bonchev–Trinajstić information content (AvgIpc) is 2.61. The lowest BCUT2D eigenvalue weighted by atomic mass is 10.1. The van der Waals surface area contributed by atoms with Crippen LogP contribution >= 0.6 is 0 Å². The Hall–Kier alpha value is -1.89. The van der Waals surface area contributed by atoms with Crippen LogP contribution in [-0.4, -0.2) is 41.9 Å². The van der Waals surface area contributed by atoms with Crippen LogP contribution in [0.5, 0.6) is 0 Å². The van der Waals surface area contributed by atoms with Gasteiger partial charge in [0, 0.05) is 12.7 Å². The van der Waals surface area contributed by atoms with Crippen molar-refractivity contribution >= 4 is 11.9 Å². The number of aryl methyl sites for hydroxylation is 2. The zero-order valence-corrected chi connectivity index (χ0v) is 10.5. The molecule has 1 unspecified atom stereocenters. The molecule has 0 saturated carbocycles. The van der Waals surface area contributed by atoms with Gasteiger partial charge in [0.1, 0.15) is 5.76 Å². The first kappa shape index (κ1) is 14.2. The third-order valence-corrected chi connectivity index (χ3v) is 2.56. The predicted molar refractivity (Wildman–Crippen MR) is 61.1 cm³/mol. The first-order valence-electron chi connectivity index (χ1n) is 5.39.